The maximum atomic E-state index is 5.95. The fourth-order valence-electron chi connectivity index (χ4n) is 2.79. The molecule has 0 radical (unpaired) electrons. The van der Waals surface area contributed by atoms with Gasteiger partial charge in [-0.15, -0.1) is 10.2 Å². The van der Waals surface area contributed by atoms with Crippen LogP contribution in [-0.4, -0.2) is 10.2 Å². The lowest BCUT2D eigenvalue weighted by molar-refractivity contribution is 0.307. The first-order valence-electron chi connectivity index (χ1n) is 8.36. The highest BCUT2D eigenvalue weighted by atomic mass is 16.5. The predicted octanol–water partition coefficient (Wildman–Crippen LogP) is 5.03. The first-order chi connectivity index (χ1) is 12.3. The van der Waals surface area contributed by atoms with E-state index in [0.29, 0.717) is 18.4 Å². The molecule has 1 heterocycles. The molecule has 4 rings (SSSR count). The molecule has 124 valence electrons. The number of fused-ring (bicyclic) bond motifs is 1. The molecule has 0 saturated carbocycles. The van der Waals surface area contributed by atoms with Crippen LogP contribution in [0.1, 0.15) is 18.4 Å². The lowest BCUT2D eigenvalue weighted by atomic mass is 10.1. The predicted molar refractivity (Wildman–Crippen MR) is 97.4 cm³/mol. The minimum Gasteiger partial charge on any atom is -0.489 e. The van der Waals surface area contributed by atoms with Gasteiger partial charge in [0.25, 0.3) is 0 Å². The lowest BCUT2D eigenvalue weighted by Gasteiger charge is -2.09. The van der Waals surface area contributed by atoms with Gasteiger partial charge < -0.3 is 9.15 Å². The van der Waals surface area contributed by atoms with Gasteiger partial charge >= 0.3 is 0 Å². The van der Waals surface area contributed by atoms with Gasteiger partial charge in [-0.25, -0.2) is 0 Å². The molecule has 0 amide bonds. The summed E-state index contributed by atoms with van der Waals surface area (Å²) in [7, 11) is 0. The van der Waals surface area contributed by atoms with Crippen molar-refractivity contribution in [2.45, 2.75) is 20.0 Å². The van der Waals surface area contributed by atoms with Crippen LogP contribution in [-0.2, 0) is 13.0 Å². The Morgan fingerprint density at radius 2 is 1.68 bits per heavy atom. The van der Waals surface area contributed by atoms with Gasteiger partial charge in [-0.05, 0) is 40.6 Å². The zero-order chi connectivity index (χ0) is 17.1. The van der Waals surface area contributed by atoms with Crippen LogP contribution in [0, 0.1) is 0 Å². The Bertz CT molecular complexity index is 985. The number of benzene rings is 3. The lowest BCUT2D eigenvalue weighted by Crippen LogP contribution is -1.96. The Morgan fingerprint density at radius 1 is 0.880 bits per heavy atom. The molecule has 0 fully saturated rings. The molecule has 4 heteroatoms. The standard InChI is InChI=1S/C21H18N2O2/c1-2-20-22-23-21(25-20)16-10-12-18(13-11-16)24-14-17-8-5-7-15-6-3-4-9-19(15)17/h3-13H,2,14H2,1H3. The molecule has 0 bridgehead atoms. The van der Waals surface area contributed by atoms with E-state index in [2.05, 4.69) is 46.6 Å². The van der Waals surface area contributed by atoms with Crippen LogP contribution in [0.15, 0.2) is 71.1 Å². The summed E-state index contributed by atoms with van der Waals surface area (Å²) in [6.07, 6.45) is 0.735. The Hall–Kier alpha value is -3.14. The summed E-state index contributed by atoms with van der Waals surface area (Å²) in [5.74, 6) is 2.00. The van der Waals surface area contributed by atoms with Gasteiger partial charge in [0.1, 0.15) is 12.4 Å². The highest BCUT2D eigenvalue weighted by Gasteiger charge is 2.07. The summed E-state index contributed by atoms with van der Waals surface area (Å²) in [4.78, 5) is 0. The van der Waals surface area contributed by atoms with E-state index in [4.69, 9.17) is 9.15 Å². The summed E-state index contributed by atoms with van der Waals surface area (Å²) >= 11 is 0. The molecule has 0 N–H and O–H groups in total. The number of nitrogens with zero attached hydrogens (tertiary/aromatic N) is 2. The van der Waals surface area contributed by atoms with Crippen molar-refractivity contribution in [1.82, 2.24) is 10.2 Å². The molecule has 25 heavy (non-hydrogen) atoms. The van der Waals surface area contributed by atoms with Crippen molar-refractivity contribution in [3.63, 3.8) is 0 Å². The van der Waals surface area contributed by atoms with E-state index in [1.807, 2.05) is 37.3 Å². The maximum Gasteiger partial charge on any atom is 0.247 e. The van der Waals surface area contributed by atoms with Gasteiger partial charge in [0.05, 0.1) is 0 Å². The number of rotatable bonds is 5. The second kappa shape index (κ2) is 6.77. The summed E-state index contributed by atoms with van der Waals surface area (Å²) < 4.78 is 11.5. The molecule has 1 aromatic heterocycles. The first-order valence-corrected chi connectivity index (χ1v) is 8.36. The third-order valence-corrected chi connectivity index (χ3v) is 4.14. The van der Waals surface area contributed by atoms with E-state index >= 15 is 0 Å². The van der Waals surface area contributed by atoms with Crippen LogP contribution in [0.3, 0.4) is 0 Å². The van der Waals surface area contributed by atoms with E-state index in [1.165, 1.54) is 16.3 Å². The molecule has 0 unspecified atom stereocenters. The summed E-state index contributed by atoms with van der Waals surface area (Å²) in [5.41, 5.74) is 2.07. The smallest absolute Gasteiger partial charge is 0.247 e. The molecular formula is C21H18N2O2. The zero-order valence-corrected chi connectivity index (χ0v) is 14.0. The molecule has 0 saturated heterocycles. The quantitative estimate of drug-likeness (QED) is 0.515. The Morgan fingerprint density at radius 3 is 2.48 bits per heavy atom. The van der Waals surface area contributed by atoms with E-state index in [1.54, 1.807) is 0 Å². The first kappa shape index (κ1) is 15.4. The van der Waals surface area contributed by atoms with Crippen LogP contribution in [0.25, 0.3) is 22.2 Å². The van der Waals surface area contributed by atoms with E-state index in [-0.39, 0.29) is 0 Å². The van der Waals surface area contributed by atoms with Crippen molar-refractivity contribution >= 4 is 10.8 Å². The normalized spacial score (nSPS) is 10.9. The molecular weight excluding hydrogens is 312 g/mol. The fraction of sp³-hybridized carbons (Fsp3) is 0.143. The molecule has 0 aliphatic heterocycles. The number of ether oxygens (including phenoxy) is 1. The van der Waals surface area contributed by atoms with Crippen LogP contribution >= 0.6 is 0 Å². The molecule has 0 atom stereocenters. The molecule has 0 aliphatic carbocycles. The maximum absolute atomic E-state index is 5.95. The Balaban J connectivity index is 1.49. The van der Waals surface area contributed by atoms with Crippen molar-refractivity contribution in [2.24, 2.45) is 0 Å². The van der Waals surface area contributed by atoms with Crippen LogP contribution in [0.5, 0.6) is 5.75 Å². The zero-order valence-electron chi connectivity index (χ0n) is 14.0. The molecule has 0 aliphatic rings. The number of aromatic nitrogens is 2. The van der Waals surface area contributed by atoms with Crippen molar-refractivity contribution in [2.75, 3.05) is 0 Å². The molecule has 4 aromatic rings. The Labute approximate surface area is 146 Å². The minimum absolute atomic E-state index is 0.529. The van der Waals surface area contributed by atoms with E-state index in [0.717, 1.165) is 17.7 Å². The van der Waals surface area contributed by atoms with Gasteiger partial charge in [0, 0.05) is 12.0 Å². The topological polar surface area (TPSA) is 48.2 Å². The van der Waals surface area contributed by atoms with Crippen molar-refractivity contribution in [1.29, 1.82) is 0 Å². The number of aryl methyl sites for hydroxylation is 1. The second-order valence-corrected chi connectivity index (χ2v) is 5.81. The van der Waals surface area contributed by atoms with Crippen LogP contribution in [0.2, 0.25) is 0 Å². The number of hydrogen-bond acceptors (Lipinski definition) is 4. The highest BCUT2D eigenvalue weighted by Crippen LogP contribution is 2.24. The summed E-state index contributed by atoms with van der Waals surface area (Å²) in [6, 6.07) is 22.3. The molecule has 0 spiro atoms. The second-order valence-electron chi connectivity index (χ2n) is 5.81. The fourth-order valence-corrected chi connectivity index (χ4v) is 2.79. The van der Waals surface area contributed by atoms with E-state index in [9.17, 15) is 0 Å². The third kappa shape index (κ3) is 3.24. The minimum atomic E-state index is 0.529. The SMILES string of the molecule is CCc1nnc(-c2ccc(OCc3cccc4ccccc34)cc2)o1. The summed E-state index contributed by atoms with van der Waals surface area (Å²) in [5, 5.41) is 10.5. The highest BCUT2D eigenvalue weighted by molar-refractivity contribution is 5.85. The van der Waals surface area contributed by atoms with Crippen molar-refractivity contribution in [3.05, 3.63) is 78.2 Å². The van der Waals surface area contributed by atoms with Crippen LogP contribution < -0.4 is 4.74 Å². The van der Waals surface area contributed by atoms with Gasteiger partial charge in [-0.2, -0.15) is 0 Å². The van der Waals surface area contributed by atoms with Crippen molar-refractivity contribution < 1.29 is 9.15 Å². The van der Waals surface area contributed by atoms with E-state index < -0.39 is 0 Å². The van der Waals surface area contributed by atoms with Gasteiger partial charge in [0.2, 0.25) is 11.8 Å². The Kier molecular flexibility index (Phi) is 4.17. The monoisotopic (exact) mass is 330 g/mol. The van der Waals surface area contributed by atoms with Gasteiger partial charge in [-0.1, -0.05) is 49.4 Å². The average Bonchev–Trinajstić information content (AvgIpc) is 3.16. The largest absolute Gasteiger partial charge is 0.489 e. The van der Waals surface area contributed by atoms with Gasteiger partial charge in [0.15, 0.2) is 0 Å². The average molecular weight is 330 g/mol. The van der Waals surface area contributed by atoms with Gasteiger partial charge in [-0.3, -0.25) is 0 Å². The van der Waals surface area contributed by atoms with Crippen molar-refractivity contribution in [3.8, 4) is 17.2 Å². The molecule has 4 nitrogen and oxygen atoms in total. The third-order valence-electron chi connectivity index (χ3n) is 4.14. The number of hydrogen-bond donors (Lipinski definition) is 0. The summed E-state index contributed by atoms with van der Waals surface area (Å²) in [6.45, 7) is 2.52. The molecule has 3 aromatic carbocycles. The van der Waals surface area contributed by atoms with Crippen LogP contribution in [0.4, 0.5) is 0 Å².